The van der Waals surface area contributed by atoms with Crippen LogP contribution in [0.4, 0.5) is 11.4 Å². The maximum atomic E-state index is 12.1. The summed E-state index contributed by atoms with van der Waals surface area (Å²) in [6.07, 6.45) is 1.11. The third kappa shape index (κ3) is 6.81. The van der Waals surface area contributed by atoms with Gasteiger partial charge in [0.1, 0.15) is 5.75 Å². The van der Waals surface area contributed by atoms with Gasteiger partial charge in [0.15, 0.2) is 6.61 Å². The highest BCUT2D eigenvalue weighted by atomic mass is 16.5. The number of ether oxygens (including phenoxy) is 1. The maximum Gasteiger partial charge on any atom is 0.262 e. The first-order chi connectivity index (χ1) is 14.1. The largest absolute Gasteiger partial charge is 0.484 e. The van der Waals surface area contributed by atoms with Crippen LogP contribution in [0, 0.1) is 6.92 Å². The highest BCUT2D eigenvalue weighted by Gasteiger charge is 2.06. The van der Waals surface area contributed by atoms with Crippen molar-refractivity contribution in [3.8, 4) is 5.75 Å². The maximum absolute atomic E-state index is 12.1. The minimum absolute atomic E-state index is 0.0443. The third-order valence-corrected chi connectivity index (χ3v) is 4.33. The van der Waals surface area contributed by atoms with Crippen LogP contribution in [0.2, 0.25) is 0 Å². The van der Waals surface area contributed by atoms with Gasteiger partial charge in [0.25, 0.3) is 5.91 Å². The van der Waals surface area contributed by atoms with E-state index in [-0.39, 0.29) is 18.4 Å². The molecule has 0 aliphatic heterocycles. The van der Waals surface area contributed by atoms with Crippen LogP contribution in [-0.4, -0.2) is 18.4 Å². The van der Waals surface area contributed by atoms with Crippen LogP contribution in [0.3, 0.4) is 0 Å². The van der Waals surface area contributed by atoms with Gasteiger partial charge in [-0.1, -0.05) is 48.0 Å². The van der Waals surface area contributed by atoms with E-state index in [0.717, 1.165) is 11.1 Å². The third-order valence-electron chi connectivity index (χ3n) is 4.33. The molecule has 0 saturated heterocycles. The van der Waals surface area contributed by atoms with Crippen molar-refractivity contribution >= 4 is 23.2 Å². The average molecular weight is 388 g/mol. The number of benzene rings is 3. The second-order valence-electron chi connectivity index (χ2n) is 6.76. The molecule has 0 heterocycles. The molecule has 148 valence electrons. The van der Waals surface area contributed by atoms with E-state index in [0.29, 0.717) is 30.0 Å². The van der Waals surface area contributed by atoms with Crippen molar-refractivity contribution in [2.45, 2.75) is 19.8 Å². The molecule has 0 aromatic heterocycles. The summed E-state index contributed by atoms with van der Waals surface area (Å²) in [4.78, 5) is 24.1. The first-order valence-corrected chi connectivity index (χ1v) is 9.52. The summed E-state index contributed by atoms with van der Waals surface area (Å²) in [6, 6.07) is 24.4. The average Bonchev–Trinajstić information content (AvgIpc) is 2.74. The number of aryl methyl sites for hydroxylation is 2. The SMILES string of the molecule is Cc1ccc(OCC(=O)Nc2ccc(NC(=O)CCc3ccccc3)cc2)cc1. The zero-order chi connectivity index (χ0) is 20.5. The molecule has 5 heteroatoms. The molecule has 0 spiro atoms. The van der Waals surface area contributed by atoms with Gasteiger partial charge in [-0.3, -0.25) is 9.59 Å². The van der Waals surface area contributed by atoms with Crippen molar-refractivity contribution in [2.75, 3.05) is 17.2 Å². The summed E-state index contributed by atoms with van der Waals surface area (Å²) in [5, 5.41) is 5.64. The minimum atomic E-state index is -0.245. The molecule has 2 N–H and O–H groups in total. The number of amides is 2. The fraction of sp³-hybridized carbons (Fsp3) is 0.167. The van der Waals surface area contributed by atoms with Gasteiger partial charge >= 0.3 is 0 Å². The molecule has 0 fully saturated rings. The van der Waals surface area contributed by atoms with Crippen LogP contribution < -0.4 is 15.4 Å². The molecular weight excluding hydrogens is 364 g/mol. The number of anilines is 2. The summed E-state index contributed by atoms with van der Waals surface area (Å²) in [5.41, 5.74) is 3.60. The molecule has 0 radical (unpaired) electrons. The Bertz CT molecular complexity index is 936. The van der Waals surface area contributed by atoms with Crippen molar-refractivity contribution < 1.29 is 14.3 Å². The van der Waals surface area contributed by atoms with E-state index < -0.39 is 0 Å². The van der Waals surface area contributed by atoms with Crippen molar-refractivity contribution in [3.63, 3.8) is 0 Å². The lowest BCUT2D eigenvalue weighted by Gasteiger charge is -2.09. The monoisotopic (exact) mass is 388 g/mol. The lowest BCUT2D eigenvalue weighted by Crippen LogP contribution is -2.20. The van der Waals surface area contributed by atoms with Crippen molar-refractivity contribution in [2.24, 2.45) is 0 Å². The molecule has 3 rings (SSSR count). The lowest BCUT2D eigenvalue weighted by molar-refractivity contribution is -0.118. The molecule has 0 saturated carbocycles. The summed E-state index contributed by atoms with van der Waals surface area (Å²) in [7, 11) is 0. The molecule has 3 aromatic carbocycles. The van der Waals surface area contributed by atoms with E-state index in [1.807, 2.05) is 61.5 Å². The number of rotatable bonds is 8. The zero-order valence-corrected chi connectivity index (χ0v) is 16.4. The Kier molecular flexibility index (Phi) is 7.00. The summed E-state index contributed by atoms with van der Waals surface area (Å²) in [6.45, 7) is 1.92. The van der Waals surface area contributed by atoms with Gasteiger partial charge in [-0.15, -0.1) is 0 Å². The van der Waals surface area contributed by atoms with E-state index in [1.54, 1.807) is 24.3 Å². The minimum Gasteiger partial charge on any atom is -0.484 e. The first kappa shape index (κ1) is 20.1. The fourth-order valence-electron chi connectivity index (χ4n) is 2.74. The van der Waals surface area contributed by atoms with Crippen molar-refractivity contribution in [1.29, 1.82) is 0 Å². The zero-order valence-electron chi connectivity index (χ0n) is 16.4. The molecule has 3 aromatic rings. The second-order valence-corrected chi connectivity index (χ2v) is 6.76. The first-order valence-electron chi connectivity index (χ1n) is 9.52. The molecule has 2 amide bonds. The quantitative estimate of drug-likeness (QED) is 0.593. The number of carbonyl (C=O) groups is 2. The molecule has 0 aliphatic carbocycles. The van der Waals surface area contributed by atoms with Crippen LogP contribution in [0.1, 0.15) is 17.5 Å². The highest BCUT2D eigenvalue weighted by molar-refractivity contribution is 5.93. The number of hydrogen-bond acceptors (Lipinski definition) is 3. The smallest absolute Gasteiger partial charge is 0.262 e. The molecule has 0 atom stereocenters. The Morgan fingerprint density at radius 3 is 1.97 bits per heavy atom. The van der Waals surface area contributed by atoms with Gasteiger partial charge in [0.2, 0.25) is 5.91 Å². The lowest BCUT2D eigenvalue weighted by atomic mass is 10.1. The normalized spacial score (nSPS) is 10.2. The van der Waals surface area contributed by atoms with Crippen molar-refractivity contribution in [3.05, 3.63) is 90.0 Å². The Labute approximate surface area is 170 Å². The summed E-state index contributed by atoms with van der Waals surface area (Å²) in [5.74, 6) is 0.363. The number of carbonyl (C=O) groups excluding carboxylic acids is 2. The van der Waals surface area contributed by atoms with Gasteiger partial charge in [0, 0.05) is 17.8 Å². The summed E-state index contributed by atoms with van der Waals surface area (Å²) < 4.78 is 5.47. The Morgan fingerprint density at radius 2 is 1.34 bits per heavy atom. The van der Waals surface area contributed by atoms with Gasteiger partial charge in [0.05, 0.1) is 0 Å². The molecular formula is C24H24N2O3. The molecule has 29 heavy (non-hydrogen) atoms. The van der Waals surface area contributed by atoms with Crippen LogP contribution in [0.25, 0.3) is 0 Å². The van der Waals surface area contributed by atoms with Crippen molar-refractivity contribution in [1.82, 2.24) is 0 Å². The predicted octanol–water partition coefficient (Wildman–Crippen LogP) is 4.58. The Balaban J connectivity index is 1.42. The van der Waals surface area contributed by atoms with Crippen LogP contribution >= 0.6 is 0 Å². The van der Waals surface area contributed by atoms with Crippen LogP contribution in [0.15, 0.2) is 78.9 Å². The van der Waals surface area contributed by atoms with E-state index in [2.05, 4.69) is 10.6 Å². The van der Waals surface area contributed by atoms with E-state index in [4.69, 9.17) is 4.74 Å². The molecule has 5 nitrogen and oxygen atoms in total. The Hall–Kier alpha value is -3.60. The number of hydrogen-bond donors (Lipinski definition) is 2. The van der Waals surface area contributed by atoms with E-state index in [1.165, 1.54) is 0 Å². The van der Waals surface area contributed by atoms with Gasteiger partial charge < -0.3 is 15.4 Å². The van der Waals surface area contributed by atoms with Gasteiger partial charge in [-0.05, 0) is 55.3 Å². The standard InChI is InChI=1S/C24H24N2O3/c1-18-7-14-22(15-8-18)29-17-24(28)26-21-12-10-20(11-13-21)25-23(27)16-9-19-5-3-2-4-6-19/h2-8,10-15H,9,16-17H2,1H3,(H,25,27)(H,26,28). The van der Waals surface area contributed by atoms with E-state index >= 15 is 0 Å². The van der Waals surface area contributed by atoms with Crippen LogP contribution in [-0.2, 0) is 16.0 Å². The Morgan fingerprint density at radius 1 is 0.759 bits per heavy atom. The molecule has 0 aliphatic rings. The summed E-state index contributed by atoms with van der Waals surface area (Å²) >= 11 is 0. The fourth-order valence-corrected chi connectivity index (χ4v) is 2.74. The predicted molar refractivity (Wildman–Crippen MR) is 115 cm³/mol. The second kappa shape index (κ2) is 10.1. The van der Waals surface area contributed by atoms with Gasteiger partial charge in [-0.25, -0.2) is 0 Å². The molecule has 0 bridgehead atoms. The van der Waals surface area contributed by atoms with Crippen LogP contribution in [0.5, 0.6) is 5.75 Å². The van der Waals surface area contributed by atoms with E-state index in [9.17, 15) is 9.59 Å². The highest BCUT2D eigenvalue weighted by Crippen LogP contribution is 2.15. The molecule has 0 unspecified atom stereocenters. The van der Waals surface area contributed by atoms with Gasteiger partial charge in [-0.2, -0.15) is 0 Å². The topological polar surface area (TPSA) is 67.4 Å². The number of nitrogens with one attached hydrogen (secondary N) is 2.